The van der Waals surface area contributed by atoms with Crippen molar-refractivity contribution < 1.29 is 19.1 Å². The van der Waals surface area contributed by atoms with Crippen LogP contribution in [0.5, 0.6) is 5.75 Å². The summed E-state index contributed by atoms with van der Waals surface area (Å²) in [6.45, 7) is 9.15. The number of rotatable bonds is 9. The lowest BCUT2D eigenvalue weighted by Crippen LogP contribution is -2.33. The summed E-state index contributed by atoms with van der Waals surface area (Å²) in [6, 6.07) is 5.55. The van der Waals surface area contributed by atoms with Crippen LogP contribution in [0.1, 0.15) is 36.8 Å². The molecule has 1 saturated heterocycles. The van der Waals surface area contributed by atoms with Gasteiger partial charge in [0.2, 0.25) is 0 Å². The highest BCUT2D eigenvalue weighted by molar-refractivity contribution is 6.33. The molecular weight excluding hydrogens is 482 g/mol. The van der Waals surface area contributed by atoms with Crippen molar-refractivity contribution in [3.63, 3.8) is 0 Å². The largest absolute Gasteiger partial charge is 0.491 e. The Kier molecular flexibility index (Phi) is 8.46. The van der Waals surface area contributed by atoms with Gasteiger partial charge in [-0.15, -0.1) is 0 Å². The van der Waals surface area contributed by atoms with Gasteiger partial charge in [0.05, 0.1) is 28.1 Å². The third-order valence-corrected chi connectivity index (χ3v) is 6.63. The maximum atomic E-state index is 10.0. The van der Waals surface area contributed by atoms with Crippen molar-refractivity contribution >= 4 is 17.4 Å². The molecule has 3 N–H and O–H groups in total. The van der Waals surface area contributed by atoms with E-state index in [1.165, 1.54) is 0 Å². The van der Waals surface area contributed by atoms with Crippen molar-refractivity contribution in [1.82, 2.24) is 20.4 Å². The number of halogens is 1. The van der Waals surface area contributed by atoms with E-state index in [1.807, 2.05) is 20.8 Å². The lowest BCUT2D eigenvalue weighted by atomic mass is 10.0. The summed E-state index contributed by atoms with van der Waals surface area (Å²) in [5, 5.41) is 21.2. The van der Waals surface area contributed by atoms with Crippen molar-refractivity contribution in [3.05, 3.63) is 40.2 Å². The molecule has 0 spiro atoms. The van der Waals surface area contributed by atoms with E-state index >= 15 is 0 Å². The third kappa shape index (κ3) is 5.98. The second-order valence-corrected chi connectivity index (χ2v) is 9.69. The smallest absolute Gasteiger partial charge is 0.163 e. The van der Waals surface area contributed by atoms with E-state index in [1.54, 1.807) is 25.2 Å². The van der Waals surface area contributed by atoms with Crippen molar-refractivity contribution in [2.45, 2.75) is 58.8 Å². The number of aliphatic hydroxyl groups is 1. The molecule has 1 fully saturated rings. The standard InChI is InChI=1S/C26H34ClN5O4/c1-14-10-18(8-9-34-14)29-25-15(2)24(23-16(3)32-36-17(23)4)30-26(31-25)21-11-20(6-7-22(21)27)35-13-19(33)12-28-5/h6-7,11,14,18-19,28,33H,8-10,12-13H2,1-5H3,(H,29,30,31)/t14-,18-,19-/m1/s1. The molecule has 1 aliphatic heterocycles. The van der Waals surface area contributed by atoms with E-state index in [0.717, 1.165) is 41.2 Å². The average molecular weight is 516 g/mol. The summed E-state index contributed by atoms with van der Waals surface area (Å²) in [5.74, 6) is 2.46. The van der Waals surface area contributed by atoms with Gasteiger partial charge in [-0.05, 0) is 65.8 Å². The van der Waals surface area contributed by atoms with Crippen LogP contribution >= 0.6 is 11.6 Å². The number of ether oxygens (including phenoxy) is 2. The summed E-state index contributed by atoms with van der Waals surface area (Å²) in [4.78, 5) is 9.83. The number of likely N-dealkylation sites (N-methyl/N-ethyl adjacent to an activating group) is 1. The van der Waals surface area contributed by atoms with Gasteiger partial charge < -0.3 is 29.7 Å². The molecule has 10 heteroatoms. The molecule has 0 amide bonds. The zero-order chi connectivity index (χ0) is 25.8. The molecule has 1 aromatic carbocycles. The zero-order valence-corrected chi connectivity index (χ0v) is 22.1. The fraction of sp³-hybridized carbons (Fsp3) is 0.500. The maximum Gasteiger partial charge on any atom is 0.163 e. The fourth-order valence-corrected chi connectivity index (χ4v) is 4.62. The molecule has 1 aliphatic rings. The monoisotopic (exact) mass is 515 g/mol. The molecule has 4 rings (SSSR count). The minimum absolute atomic E-state index is 0.149. The maximum absolute atomic E-state index is 10.0. The van der Waals surface area contributed by atoms with Crippen LogP contribution in [0.2, 0.25) is 5.02 Å². The molecule has 194 valence electrons. The van der Waals surface area contributed by atoms with Gasteiger partial charge in [-0.2, -0.15) is 0 Å². The first kappa shape index (κ1) is 26.3. The normalized spacial score (nSPS) is 18.8. The summed E-state index contributed by atoms with van der Waals surface area (Å²) >= 11 is 6.62. The minimum atomic E-state index is -0.631. The number of aliphatic hydroxyl groups excluding tert-OH is 1. The second kappa shape index (κ2) is 11.6. The number of hydrogen-bond acceptors (Lipinski definition) is 9. The van der Waals surface area contributed by atoms with Gasteiger partial charge in [0.25, 0.3) is 0 Å². The van der Waals surface area contributed by atoms with E-state index in [9.17, 15) is 5.11 Å². The summed E-state index contributed by atoms with van der Waals surface area (Å²) in [6.07, 6.45) is 1.33. The molecule has 2 aromatic heterocycles. The van der Waals surface area contributed by atoms with Crippen LogP contribution in [-0.2, 0) is 4.74 Å². The van der Waals surface area contributed by atoms with E-state index in [2.05, 4.69) is 22.7 Å². The van der Waals surface area contributed by atoms with Gasteiger partial charge in [-0.25, -0.2) is 9.97 Å². The Morgan fingerprint density at radius 1 is 1.25 bits per heavy atom. The van der Waals surface area contributed by atoms with Crippen LogP contribution in [0.15, 0.2) is 22.7 Å². The predicted molar refractivity (Wildman–Crippen MR) is 140 cm³/mol. The molecule has 9 nitrogen and oxygen atoms in total. The summed E-state index contributed by atoms with van der Waals surface area (Å²) in [5.41, 5.74) is 3.89. The number of aromatic nitrogens is 3. The molecule has 3 atom stereocenters. The van der Waals surface area contributed by atoms with Crippen molar-refractivity contribution in [2.75, 3.05) is 32.1 Å². The fourth-order valence-electron chi connectivity index (χ4n) is 4.42. The topological polar surface area (TPSA) is 115 Å². The first-order chi connectivity index (χ1) is 17.3. The van der Waals surface area contributed by atoms with Gasteiger partial charge >= 0.3 is 0 Å². The molecule has 3 aromatic rings. The number of nitrogens with one attached hydrogen (secondary N) is 2. The number of hydrogen-bond donors (Lipinski definition) is 3. The van der Waals surface area contributed by atoms with Crippen molar-refractivity contribution in [2.24, 2.45) is 0 Å². The number of nitrogens with zero attached hydrogens (tertiary/aromatic N) is 3. The van der Waals surface area contributed by atoms with E-state index in [4.69, 9.17) is 35.6 Å². The highest BCUT2D eigenvalue weighted by Crippen LogP contribution is 2.36. The summed E-state index contributed by atoms with van der Waals surface area (Å²) in [7, 11) is 1.78. The quantitative estimate of drug-likeness (QED) is 0.383. The molecule has 0 bridgehead atoms. The highest BCUT2D eigenvalue weighted by atomic mass is 35.5. The van der Waals surface area contributed by atoms with Crippen molar-refractivity contribution in [3.8, 4) is 28.4 Å². The second-order valence-electron chi connectivity index (χ2n) is 9.28. The highest BCUT2D eigenvalue weighted by Gasteiger charge is 2.25. The summed E-state index contributed by atoms with van der Waals surface area (Å²) < 4.78 is 17.0. The predicted octanol–water partition coefficient (Wildman–Crippen LogP) is 4.32. The Bertz CT molecular complexity index is 1180. The van der Waals surface area contributed by atoms with Crippen LogP contribution in [-0.4, -0.2) is 65.3 Å². The van der Waals surface area contributed by atoms with Crippen LogP contribution in [0, 0.1) is 20.8 Å². The Labute approximate surface area is 216 Å². The Morgan fingerprint density at radius 3 is 2.75 bits per heavy atom. The van der Waals surface area contributed by atoms with Crippen LogP contribution < -0.4 is 15.4 Å². The first-order valence-electron chi connectivity index (χ1n) is 12.2. The van der Waals surface area contributed by atoms with E-state index < -0.39 is 6.10 Å². The van der Waals surface area contributed by atoms with Gasteiger partial charge in [-0.1, -0.05) is 16.8 Å². The van der Waals surface area contributed by atoms with E-state index in [-0.39, 0.29) is 18.8 Å². The Balaban J connectivity index is 1.76. The van der Waals surface area contributed by atoms with Crippen LogP contribution in [0.4, 0.5) is 5.82 Å². The minimum Gasteiger partial charge on any atom is -0.491 e. The molecule has 0 aliphatic carbocycles. The van der Waals surface area contributed by atoms with Crippen LogP contribution in [0.25, 0.3) is 22.6 Å². The Hall–Kier alpha value is -2.72. The zero-order valence-electron chi connectivity index (χ0n) is 21.4. The van der Waals surface area contributed by atoms with Gasteiger partial charge in [-0.3, -0.25) is 0 Å². The van der Waals surface area contributed by atoms with Crippen molar-refractivity contribution in [1.29, 1.82) is 0 Å². The molecule has 0 saturated carbocycles. The van der Waals surface area contributed by atoms with Gasteiger partial charge in [0.1, 0.15) is 30.0 Å². The number of aryl methyl sites for hydroxylation is 2. The Morgan fingerprint density at radius 2 is 2.06 bits per heavy atom. The average Bonchev–Trinajstić information content (AvgIpc) is 3.18. The lowest BCUT2D eigenvalue weighted by Gasteiger charge is -2.29. The van der Waals surface area contributed by atoms with Crippen LogP contribution in [0.3, 0.4) is 0 Å². The van der Waals surface area contributed by atoms with Gasteiger partial charge in [0, 0.05) is 30.3 Å². The third-order valence-electron chi connectivity index (χ3n) is 6.30. The molecule has 3 heterocycles. The molecule has 36 heavy (non-hydrogen) atoms. The lowest BCUT2D eigenvalue weighted by molar-refractivity contribution is 0.0231. The first-order valence-corrected chi connectivity index (χ1v) is 12.6. The molecule has 0 radical (unpaired) electrons. The molecule has 0 unspecified atom stereocenters. The molecular formula is C26H34ClN5O4. The SMILES string of the molecule is CNC[C@@H](O)COc1ccc(Cl)c(-c2nc(N[C@@H]3CCO[C@H](C)C3)c(C)c(-c3c(C)noc3C)n2)c1. The van der Waals surface area contributed by atoms with E-state index in [0.29, 0.717) is 41.1 Å². The number of benzene rings is 1. The number of anilines is 1. The van der Waals surface area contributed by atoms with Gasteiger partial charge in [0.15, 0.2) is 5.82 Å².